The van der Waals surface area contributed by atoms with Gasteiger partial charge in [-0.3, -0.25) is 14.4 Å². The van der Waals surface area contributed by atoms with Crippen LogP contribution in [-0.2, 0) is 28.6 Å². The molecule has 0 aliphatic rings. The zero-order valence-corrected chi connectivity index (χ0v) is 46.9. The van der Waals surface area contributed by atoms with Gasteiger partial charge in [-0.25, -0.2) is 0 Å². The van der Waals surface area contributed by atoms with E-state index in [-0.39, 0.29) is 31.1 Å². The molecule has 0 N–H and O–H groups in total. The van der Waals surface area contributed by atoms with Crippen LogP contribution in [0.3, 0.4) is 0 Å². The van der Waals surface area contributed by atoms with Crippen molar-refractivity contribution >= 4 is 17.9 Å². The lowest BCUT2D eigenvalue weighted by Gasteiger charge is -2.18. The third-order valence-electron chi connectivity index (χ3n) is 12.5. The number of ether oxygens (including phenoxy) is 3. The van der Waals surface area contributed by atoms with Gasteiger partial charge in [0, 0.05) is 19.3 Å². The van der Waals surface area contributed by atoms with Gasteiger partial charge < -0.3 is 14.2 Å². The SMILES string of the molecule is CC/C=C\C/C=C\C/C=C\C/C=C\C/C=C\C/C=C\CCCCCCCCC(=O)OCC(COC(=O)CCCCCCCCCC)OC(=O)CCCCCCCC/C=C\C/C=C\C/C=C\CCCCCCC. The monoisotopic (exact) mass is 999 g/mol. The van der Waals surface area contributed by atoms with E-state index in [0.29, 0.717) is 19.3 Å². The molecule has 0 radical (unpaired) electrons. The molecule has 410 valence electrons. The van der Waals surface area contributed by atoms with Crippen LogP contribution in [0.5, 0.6) is 0 Å². The van der Waals surface area contributed by atoms with Crippen molar-refractivity contribution < 1.29 is 28.6 Å². The summed E-state index contributed by atoms with van der Waals surface area (Å²) in [5, 5.41) is 0. The Morgan fingerprint density at radius 2 is 0.542 bits per heavy atom. The number of rotatable bonds is 53. The van der Waals surface area contributed by atoms with Crippen LogP contribution in [0, 0.1) is 0 Å². The van der Waals surface area contributed by atoms with E-state index in [1.807, 2.05) is 0 Å². The number of unbranched alkanes of at least 4 members (excludes halogenated alkanes) is 24. The van der Waals surface area contributed by atoms with Crippen molar-refractivity contribution in [3.63, 3.8) is 0 Å². The molecule has 0 amide bonds. The highest BCUT2D eigenvalue weighted by atomic mass is 16.6. The normalized spacial score (nSPS) is 12.9. The van der Waals surface area contributed by atoms with Gasteiger partial charge in [-0.1, -0.05) is 252 Å². The van der Waals surface area contributed by atoms with E-state index in [1.54, 1.807) is 0 Å². The molecule has 0 bridgehead atoms. The molecule has 1 unspecified atom stereocenters. The lowest BCUT2D eigenvalue weighted by atomic mass is 10.1. The van der Waals surface area contributed by atoms with Crippen LogP contribution in [0.15, 0.2) is 109 Å². The lowest BCUT2D eigenvalue weighted by Crippen LogP contribution is -2.30. The third-order valence-corrected chi connectivity index (χ3v) is 12.5. The largest absolute Gasteiger partial charge is 0.462 e. The summed E-state index contributed by atoms with van der Waals surface area (Å²) in [7, 11) is 0. The molecule has 6 heteroatoms. The van der Waals surface area contributed by atoms with E-state index in [0.717, 1.165) is 135 Å². The maximum Gasteiger partial charge on any atom is 0.306 e. The quantitative estimate of drug-likeness (QED) is 0.0261. The van der Waals surface area contributed by atoms with Crippen LogP contribution >= 0.6 is 0 Å². The Hall–Kier alpha value is -3.93. The number of allylic oxidation sites excluding steroid dienone is 18. The fraction of sp³-hybridized carbons (Fsp3) is 0.682. The van der Waals surface area contributed by atoms with Crippen LogP contribution in [-0.4, -0.2) is 37.2 Å². The molecule has 0 fully saturated rings. The van der Waals surface area contributed by atoms with Crippen LogP contribution in [0.1, 0.15) is 271 Å². The van der Waals surface area contributed by atoms with Gasteiger partial charge in [0.05, 0.1) is 0 Å². The van der Waals surface area contributed by atoms with Crippen LogP contribution in [0.2, 0.25) is 0 Å². The zero-order chi connectivity index (χ0) is 52.2. The summed E-state index contributed by atoms with van der Waals surface area (Å²) in [4.78, 5) is 38.1. The number of carbonyl (C=O) groups is 3. The van der Waals surface area contributed by atoms with Gasteiger partial charge >= 0.3 is 17.9 Å². The zero-order valence-electron chi connectivity index (χ0n) is 46.9. The Balaban J connectivity index is 4.30. The van der Waals surface area contributed by atoms with Crippen LogP contribution < -0.4 is 0 Å². The molecule has 72 heavy (non-hydrogen) atoms. The van der Waals surface area contributed by atoms with Gasteiger partial charge in [0.25, 0.3) is 0 Å². The van der Waals surface area contributed by atoms with Gasteiger partial charge in [-0.15, -0.1) is 0 Å². The first kappa shape index (κ1) is 68.1. The maximum atomic E-state index is 12.8. The number of esters is 3. The molecule has 0 aliphatic carbocycles. The molecule has 1 atom stereocenters. The first-order chi connectivity index (χ1) is 35.5. The van der Waals surface area contributed by atoms with E-state index in [4.69, 9.17) is 14.2 Å². The van der Waals surface area contributed by atoms with Crippen molar-refractivity contribution in [3.8, 4) is 0 Å². The lowest BCUT2D eigenvalue weighted by molar-refractivity contribution is -0.167. The second-order valence-corrected chi connectivity index (χ2v) is 19.5. The maximum absolute atomic E-state index is 12.8. The standard InChI is InChI=1S/C66H110O6/c1-4-7-10-13-16-19-21-23-25-27-29-31-32-33-34-36-37-39-41-43-45-47-50-53-56-59-65(68)71-62-63(61-70-64(67)58-55-52-49-18-15-12-9-6-3)72-66(69)60-57-54-51-48-46-44-42-40-38-35-30-28-26-24-22-20-17-14-11-8-5-2/h7,10,16,19,22-25,28-31,33-34,37-40,63H,4-6,8-9,11-15,17-18,20-21,26-27,32,35-36,41-62H2,1-3H3/b10-7-,19-16-,24-22-,25-23-,30-28-,31-29-,34-33-,39-37-,40-38-. The Kier molecular flexibility index (Phi) is 56.4. The average Bonchev–Trinajstić information content (AvgIpc) is 3.38. The van der Waals surface area contributed by atoms with Crippen molar-refractivity contribution in [2.45, 2.75) is 277 Å². The highest BCUT2D eigenvalue weighted by molar-refractivity contribution is 5.71. The minimum absolute atomic E-state index is 0.0885. The van der Waals surface area contributed by atoms with Gasteiger partial charge in [0.2, 0.25) is 0 Å². The summed E-state index contributed by atoms with van der Waals surface area (Å²) in [5.41, 5.74) is 0. The summed E-state index contributed by atoms with van der Waals surface area (Å²) in [6, 6.07) is 0. The van der Waals surface area contributed by atoms with Gasteiger partial charge in [-0.05, 0) is 109 Å². The highest BCUT2D eigenvalue weighted by Crippen LogP contribution is 2.14. The Morgan fingerprint density at radius 3 is 0.847 bits per heavy atom. The van der Waals surface area contributed by atoms with Crippen molar-refractivity contribution in [3.05, 3.63) is 109 Å². The van der Waals surface area contributed by atoms with Crippen molar-refractivity contribution in [1.29, 1.82) is 0 Å². The molecule has 0 saturated carbocycles. The summed E-state index contributed by atoms with van der Waals surface area (Å²) in [6.45, 7) is 6.47. The Labute approximate surface area is 444 Å². The van der Waals surface area contributed by atoms with Gasteiger partial charge in [-0.2, -0.15) is 0 Å². The van der Waals surface area contributed by atoms with Crippen molar-refractivity contribution in [1.82, 2.24) is 0 Å². The van der Waals surface area contributed by atoms with Crippen LogP contribution in [0.25, 0.3) is 0 Å². The number of hydrogen-bond donors (Lipinski definition) is 0. The minimum atomic E-state index is -0.791. The summed E-state index contributed by atoms with van der Waals surface area (Å²) < 4.78 is 16.8. The molecular formula is C66H110O6. The molecule has 0 rings (SSSR count). The van der Waals surface area contributed by atoms with E-state index in [9.17, 15) is 14.4 Å². The second-order valence-electron chi connectivity index (χ2n) is 19.5. The van der Waals surface area contributed by atoms with E-state index in [1.165, 1.54) is 96.3 Å². The number of hydrogen-bond acceptors (Lipinski definition) is 6. The summed E-state index contributed by atoms with van der Waals surface area (Å²) in [5.74, 6) is -0.919. The fourth-order valence-corrected chi connectivity index (χ4v) is 8.04. The first-order valence-electron chi connectivity index (χ1n) is 29.9. The molecule has 0 aromatic heterocycles. The molecule has 0 saturated heterocycles. The molecule has 6 nitrogen and oxygen atoms in total. The van der Waals surface area contributed by atoms with Gasteiger partial charge in [0.1, 0.15) is 13.2 Å². The van der Waals surface area contributed by atoms with Crippen LogP contribution in [0.4, 0.5) is 0 Å². The molecule has 0 aromatic rings. The summed E-state index contributed by atoms with van der Waals surface area (Å²) in [6.07, 6.45) is 80.9. The van der Waals surface area contributed by atoms with Crippen molar-refractivity contribution in [2.24, 2.45) is 0 Å². The molecular weight excluding hydrogens is 889 g/mol. The van der Waals surface area contributed by atoms with E-state index in [2.05, 4.69) is 130 Å². The topological polar surface area (TPSA) is 78.9 Å². The minimum Gasteiger partial charge on any atom is -0.462 e. The van der Waals surface area contributed by atoms with E-state index < -0.39 is 6.10 Å². The number of carbonyl (C=O) groups excluding carboxylic acids is 3. The Morgan fingerprint density at radius 1 is 0.292 bits per heavy atom. The molecule has 0 aromatic carbocycles. The summed E-state index contributed by atoms with van der Waals surface area (Å²) >= 11 is 0. The predicted molar refractivity (Wildman–Crippen MR) is 311 cm³/mol. The van der Waals surface area contributed by atoms with Gasteiger partial charge in [0.15, 0.2) is 6.10 Å². The highest BCUT2D eigenvalue weighted by Gasteiger charge is 2.19. The third kappa shape index (κ3) is 57.0. The molecule has 0 aliphatic heterocycles. The smallest absolute Gasteiger partial charge is 0.306 e. The van der Waals surface area contributed by atoms with Crippen molar-refractivity contribution in [2.75, 3.05) is 13.2 Å². The molecule has 0 spiro atoms. The second kappa shape index (κ2) is 59.6. The average molecular weight is 1000 g/mol. The first-order valence-corrected chi connectivity index (χ1v) is 29.9. The predicted octanol–water partition coefficient (Wildman–Crippen LogP) is 20.3. The van der Waals surface area contributed by atoms with E-state index >= 15 is 0 Å². The molecule has 0 heterocycles. The Bertz CT molecular complexity index is 1470. The fourth-order valence-electron chi connectivity index (χ4n) is 8.04.